The van der Waals surface area contributed by atoms with Gasteiger partial charge in [0.25, 0.3) is 0 Å². The summed E-state index contributed by atoms with van der Waals surface area (Å²) in [6.45, 7) is 4.06. The normalized spacial score (nSPS) is 26.1. The molecule has 1 aliphatic carbocycles. The molecule has 4 amide bonds. The van der Waals surface area contributed by atoms with Gasteiger partial charge in [0, 0.05) is 48.3 Å². The summed E-state index contributed by atoms with van der Waals surface area (Å²) in [4.78, 5) is 73.7. The molecule has 4 aliphatic heterocycles. The highest BCUT2D eigenvalue weighted by Gasteiger charge is 2.52. The van der Waals surface area contributed by atoms with Gasteiger partial charge in [-0.3, -0.25) is 9.59 Å². The Bertz CT molecular complexity index is 2360. The Morgan fingerprint density at radius 3 is 1.58 bits per heavy atom. The molecular weight excluding hydrogens is 875 g/mol. The second kappa shape index (κ2) is 19.4. The SMILES string of the molecule is COC(=O)N[C@H](C(=O)N1[C@H](C)CC[C@H]1c1nc(-c2ccc(-c3ccc(-c4nc([C@@H]5C[C@H]6CC[C@H]6N5C(=O)[C@@H](NC(=O)OC)[C@@H]5CCCOC5)[nH]c4Cl)cc3)cc2)c(Cl)[nH]1)[C@@H]1CCCOC1. The number of ether oxygens (including phenoxy) is 4. The minimum absolute atomic E-state index is 0.0680. The number of aromatic nitrogens is 4. The summed E-state index contributed by atoms with van der Waals surface area (Å²) < 4.78 is 21.2. The molecular formula is C47H56Cl2N8O8. The summed E-state index contributed by atoms with van der Waals surface area (Å²) in [6, 6.07) is 13.7. The van der Waals surface area contributed by atoms with Crippen LogP contribution in [-0.4, -0.2) is 119 Å². The van der Waals surface area contributed by atoms with E-state index in [2.05, 4.69) is 20.6 Å². The number of carbonyl (C=O) groups is 4. The molecule has 2 aromatic heterocycles. The second-order valence-corrected chi connectivity index (χ2v) is 18.8. The van der Waals surface area contributed by atoms with Gasteiger partial charge in [-0.15, -0.1) is 0 Å². The number of alkyl carbamates (subject to hydrolysis) is 2. The quantitative estimate of drug-likeness (QED) is 0.115. The molecule has 0 bridgehead atoms. The van der Waals surface area contributed by atoms with Crippen molar-refractivity contribution in [2.45, 2.75) is 101 Å². The molecule has 16 nitrogen and oxygen atoms in total. The highest BCUT2D eigenvalue weighted by molar-refractivity contribution is 6.32. The van der Waals surface area contributed by atoms with Crippen molar-refractivity contribution < 1.29 is 38.1 Å². The van der Waals surface area contributed by atoms with Crippen molar-refractivity contribution in [1.82, 2.24) is 40.4 Å². The fourth-order valence-corrected chi connectivity index (χ4v) is 11.1. The van der Waals surface area contributed by atoms with Gasteiger partial charge < -0.3 is 49.3 Å². The fraction of sp³-hybridized carbons (Fsp3) is 0.532. The first-order chi connectivity index (χ1) is 31.5. The number of hydrogen-bond donors (Lipinski definition) is 4. The number of fused-ring (bicyclic) bond motifs is 1. The maximum Gasteiger partial charge on any atom is 0.407 e. The van der Waals surface area contributed by atoms with Crippen LogP contribution in [0.4, 0.5) is 9.59 Å². The summed E-state index contributed by atoms with van der Waals surface area (Å²) in [5, 5.41) is 6.38. The largest absolute Gasteiger partial charge is 0.453 e. The predicted octanol–water partition coefficient (Wildman–Crippen LogP) is 7.85. The second-order valence-electron chi connectivity index (χ2n) is 18.0. The molecule has 5 fully saturated rings. The van der Waals surface area contributed by atoms with Crippen LogP contribution in [0.1, 0.15) is 88.4 Å². The van der Waals surface area contributed by atoms with Crippen LogP contribution in [0.3, 0.4) is 0 Å². The average molecular weight is 932 g/mol. The van der Waals surface area contributed by atoms with E-state index < -0.39 is 24.3 Å². The Kier molecular flexibility index (Phi) is 13.4. The van der Waals surface area contributed by atoms with E-state index in [0.717, 1.165) is 73.6 Å². The molecule has 0 spiro atoms. The van der Waals surface area contributed by atoms with Crippen LogP contribution in [-0.2, 0) is 28.5 Å². The van der Waals surface area contributed by atoms with Gasteiger partial charge in [0.2, 0.25) is 11.8 Å². The van der Waals surface area contributed by atoms with Gasteiger partial charge in [0.1, 0.15) is 45.4 Å². The molecule has 9 rings (SSSR count). The minimum atomic E-state index is -0.791. The van der Waals surface area contributed by atoms with Crippen LogP contribution in [0, 0.1) is 17.8 Å². The van der Waals surface area contributed by atoms with Crippen molar-refractivity contribution in [3.05, 3.63) is 70.5 Å². The lowest BCUT2D eigenvalue weighted by Crippen LogP contribution is -2.56. The zero-order valence-corrected chi connectivity index (χ0v) is 38.3. The van der Waals surface area contributed by atoms with Crippen molar-refractivity contribution in [3.8, 4) is 33.6 Å². The number of methoxy groups -OCH3 is 2. The third-order valence-electron chi connectivity index (χ3n) is 14.2. The number of amides is 4. The summed E-state index contributed by atoms with van der Waals surface area (Å²) in [6.07, 6.45) is 6.01. The van der Waals surface area contributed by atoms with E-state index in [1.807, 2.05) is 65.3 Å². The Morgan fingerprint density at radius 1 is 0.662 bits per heavy atom. The number of benzene rings is 2. The molecule has 5 aliphatic rings. The van der Waals surface area contributed by atoms with E-state index in [-0.39, 0.29) is 47.8 Å². The van der Waals surface area contributed by atoms with E-state index in [1.165, 1.54) is 14.2 Å². The Morgan fingerprint density at radius 2 is 1.14 bits per heavy atom. The van der Waals surface area contributed by atoms with Crippen LogP contribution >= 0.6 is 23.2 Å². The molecule has 1 saturated carbocycles. The number of carbonyl (C=O) groups excluding carboxylic acids is 4. The number of rotatable bonds is 11. The Hall–Kier alpha value is -5.16. The first-order valence-electron chi connectivity index (χ1n) is 22.7. The maximum absolute atomic E-state index is 14.4. The van der Waals surface area contributed by atoms with Crippen LogP contribution in [0.25, 0.3) is 33.6 Å². The van der Waals surface area contributed by atoms with Crippen LogP contribution in [0.15, 0.2) is 48.5 Å². The van der Waals surface area contributed by atoms with Crippen molar-refractivity contribution in [1.29, 1.82) is 0 Å². The standard InChI is InChI=1S/C47H56Cl2N8O8/c1-25-8-18-34(56(25)44(58)38(52-46(60)62-2)31-6-4-20-64-23-31)42-50-36(40(48)54-42)28-13-9-26(10-14-28)27-11-15-29(16-12-27)37-41(49)55-43(51-37)35-22-30-17-19-33(30)57(35)45(59)39(53-47(61)63-3)32-7-5-21-65-24-32/h9-16,25,30-35,38-39H,4-8,17-24H2,1-3H3,(H,50,54)(H,51,55)(H,52,60)(H,53,61)/t25-,30-,31-,32-,33-,34+,35+,38+,39+/m1/s1. The molecule has 0 unspecified atom stereocenters. The van der Waals surface area contributed by atoms with Crippen molar-refractivity contribution in [3.63, 3.8) is 0 Å². The smallest absolute Gasteiger partial charge is 0.407 e. The molecule has 6 heterocycles. The van der Waals surface area contributed by atoms with Gasteiger partial charge >= 0.3 is 12.2 Å². The number of halogens is 2. The summed E-state index contributed by atoms with van der Waals surface area (Å²) in [7, 11) is 2.59. The molecule has 65 heavy (non-hydrogen) atoms. The lowest BCUT2D eigenvalue weighted by atomic mass is 9.80. The number of aromatic amines is 2. The van der Waals surface area contributed by atoms with Crippen molar-refractivity contribution >= 4 is 47.2 Å². The van der Waals surface area contributed by atoms with Crippen molar-refractivity contribution in [2.75, 3.05) is 40.6 Å². The number of nitrogens with one attached hydrogen (secondary N) is 4. The lowest BCUT2D eigenvalue weighted by Gasteiger charge is -2.40. The van der Waals surface area contributed by atoms with Gasteiger partial charge in [-0.05, 0) is 81.8 Å². The number of likely N-dealkylation sites (tertiary alicyclic amines) is 2. The monoisotopic (exact) mass is 930 g/mol. The van der Waals surface area contributed by atoms with E-state index in [1.54, 1.807) is 0 Å². The van der Waals surface area contributed by atoms with Gasteiger partial charge in [-0.25, -0.2) is 19.6 Å². The Balaban J connectivity index is 0.896. The maximum atomic E-state index is 14.4. The summed E-state index contributed by atoms with van der Waals surface area (Å²) in [5.41, 5.74) is 4.78. The third-order valence-corrected chi connectivity index (χ3v) is 14.7. The molecule has 2 aromatic carbocycles. The fourth-order valence-electron chi connectivity index (χ4n) is 10.6. The average Bonchev–Trinajstić information content (AvgIpc) is 4.09. The van der Waals surface area contributed by atoms with Crippen molar-refractivity contribution in [2.24, 2.45) is 17.8 Å². The molecule has 4 N–H and O–H groups in total. The van der Waals surface area contributed by atoms with E-state index >= 15 is 0 Å². The van der Waals surface area contributed by atoms with Gasteiger partial charge in [-0.2, -0.15) is 0 Å². The molecule has 4 aromatic rings. The predicted molar refractivity (Wildman–Crippen MR) is 242 cm³/mol. The first kappa shape index (κ1) is 45.0. The van der Waals surface area contributed by atoms with Gasteiger partial charge in [0.05, 0.1) is 39.5 Å². The number of hydrogen-bond acceptors (Lipinski definition) is 10. The summed E-state index contributed by atoms with van der Waals surface area (Å²) >= 11 is 13.7. The van der Waals surface area contributed by atoms with E-state index in [9.17, 15) is 19.2 Å². The first-order valence-corrected chi connectivity index (χ1v) is 23.5. The molecule has 346 valence electrons. The number of H-pyrrole nitrogens is 2. The molecule has 4 saturated heterocycles. The Labute approximate surface area is 387 Å². The van der Waals surface area contributed by atoms with Gasteiger partial charge in [0.15, 0.2) is 0 Å². The van der Waals surface area contributed by atoms with Gasteiger partial charge in [-0.1, -0.05) is 71.7 Å². The van der Waals surface area contributed by atoms with E-state index in [0.29, 0.717) is 72.1 Å². The third kappa shape index (κ3) is 9.06. The highest BCUT2D eigenvalue weighted by Crippen LogP contribution is 2.50. The molecule has 18 heteroatoms. The van der Waals surface area contributed by atoms with Crippen LogP contribution < -0.4 is 10.6 Å². The number of nitrogens with zero attached hydrogens (tertiary/aromatic N) is 4. The van der Waals surface area contributed by atoms with Crippen LogP contribution in [0.2, 0.25) is 10.3 Å². The molecule has 0 radical (unpaired) electrons. The topological polar surface area (TPSA) is 193 Å². The number of imidazole rings is 2. The molecule has 9 atom stereocenters. The zero-order chi connectivity index (χ0) is 45.4. The highest BCUT2D eigenvalue weighted by atomic mass is 35.5. The zero-order valence-electron chi connectivity index (χ0n) is 36.8. The summed E-state index contributed by atoms with van der Waals surface area (Å²) in [5.74, 6) is 0.901. The van der Waals surface area contributed by atoms with E-state index in [4.69, 9.17) is 52.1 Å². The van der Waals surface area contributed by atoms with Crippen LogP contribution in [0.5, 0.6) is 0 Å². The lowest BCUT2D eigenvalue weighted by molar-refractivity contribution is -0.141. The minimum Gasteiger partial charge on any atom is -0.453 e.